The molecule has 1 heterocycles. The molecule has 0 fully saturated rings. The van der Waals surface area contributed by atoms with Gasteiger partial charge in [-0.25, -0.2) is 0 Å². The van der Waals surface area contributed by atoms with Crippen molar-refractivity contribution in [1.82, 2.24) is 4.98 Å². The Kier molecular flexibility index (Phi) is 4.80. The van der Waals surface area contributed by atoms with Crippen LogP contribution < -0.4 is 10.1 Å². The van der Waals surface area contributed by atoms with Crippen LogP contribution in [0.25, 0.3) is 0 Å². The summed E-state index contributed by atoms with van der Waals surface area (Å²) in [6, 6.07) is 11.7. The van der Waals surface area contributed by atoms with Gasteiger partial charge in [-0.15, -0.1) is 0 Å². The number of hydrogen-bond acceptors (Lipinski definition) is 3. The van der Waals surface area contributed by atoms with Gasteiger partial charge in [-0.1, -0.05) is 35.0 Å². The number of ether oxygens (including phenoxy) is 1. The van der Waals surface area contributed by atoms with Crippen molar-refractivity contribution < 1.29 is 4.74 Å². The number of nitrogens with one attached hydrogen (secondary N) is 1. The molecule has 0 amide bonds. The van der Waals surface area contributed by atoms with Crippen LogP contribution in [0.3, 0.4) is 0 Å². The summed E-state index contributed by atoms with van der Waals surface area (Å²) in [5.41, 5.74) is 1.08. The van der Waals surface area contributed by atoms with Crippen molar-refractivity contribution in [3.8, 4) is 11.6 Å². The lowest BCUT2D eigenvalue weighted by atomic mass is 10.2. The molecule has 0 bridgehead atoms. The molecule has 0 saturated heterocycles. The first-order valence-electron chi connectivity index (χ1n) is 6.34. The second kappa shape index (κ2) is 6.57. The second-order valence-electron chi connectivity index (χ2n) is 4.30. The van der Waals surface area contributed by atoms with Crippen LogP contribution in [0.1, 0.15) is 18.9 Å². The number of anilines is 1. The van der Waals surface area contributed by atoms with E-state index in [1.54, 1.807) is 0 Å². The average Bonchev–Trinajstić information content (AvgIpc) is 2.41. The molecule has 100 valence electrons. The molecule has 0 radical (unpaired) electrons. The molecular formula is C15H17BrN2O. The van der Waals surface area contributed by atoms with Crippen molar-refractivity contribution >= 4 is 21.7 Å². The molecule has 19 heavy (non-hydrogen) atoms. The van der Waals surface area contributed by atoms with Crippen molar-refractivity contribution in [2.24, 2.45) is 0 Å². The van der Waals surface area contributed by atoms with E-state index in [2.05, 4.69) is 33.2 Å². The number of halogens is 1. The largest absolute Gasteiger partial charge is 0.439 e. The minimum Gasteiger partial charge on any atom is -0.439 e. The Bertz CT molecular complexity index is 558. The highest BCUT2D eigenvalue weighted by molar-refractivity contribution is 9.10. The van der Waals surface area contributed by atoms with Crippen LogP contribution >= 0.6 is 15.9 Å². The molecule has 2 aromatic rings. The van der Waals surface area contributed by atoms with Crippen LogP contribution in [-0.2, 0) is 0 Å². The van der Waals surface area contributed by atoms with Gasteiger partial charge in [0.1, 0.15) is 11.6 Å². The highest BCUT2D eigenvalue weighted by Crippen LogP contribution is 2.27. The van der Waals surface area contributed by atoms with E-state index in [-0.39, 0.29) is 0 Å². The van der Waals surface area contributed by atoms with E-state index in [1.807, 2.05) is 43.3 Å². The Morgan fingerprint density at radius 1 is 1.26 bits per heavy atom. The number of aryl methyl sites for hydroxylation is 1. The van der Waals surface area contributed by atoms with Crippen LogP contribution in [0.4, 0.5) is 5.82 Å². The third kappa shape index (κ3) is 3.96. The van der Waals surface area contributed by atoms with Crippen molar-refractivity contribution in [3.63, 3.8) is 0 Å². The van der Waals surface area contributed by atoms with Gasteiger partial charge in [0.25, 0.3) is 0 Å². The predicted molar refractivity (Wildman–Crippen MR) is 82.0 cm³/mol. The number of benzene rings is 1. The molecular weight excluding hydrogens is 304 g/mol. The fourth-order valence-electron chi connectivity index (χ4n) is 1.62. The van der Waals surface area contributed by atoms with Crippen LogP contribution in [0, 0.1) is 6.92 Å². The van der Waals surface area contributed by atoms with Gasteiger partial charge < -0.3 is 10.1 Å². The Morgan fingerprint density at radius 3 is 2.89 bits per heavy atom. The molecule has 0 aliphatic rings. The normalized spacial score (nSPS) is 10.3. The smallest absolute Gasteiger partial charge is 0.221 e. The summed E-state index contributed by atoms with van der Waals surface area (Å²) in [5.74, 6) is 2.25. The Labute approximate surface area is 122 Å². The minimum absolute atomic E-state index is 0.599. The lowest BCUT2D eigenvalue weighted by Crippen LogP contribution is -2.02. The fourth-order valence-corrected chi connectivity index (χ4v) is 1.96. The maximum atomic E-state index is 5.83. The number of aromatic nitrogens is 1. The van der Waals surface area contributed by atoms with Crippen molar-refractivity contribution in [1.29, 1.82) is 0 Å². The van der Waals surface area contributed by atoms with Gasteiger partial charge in [-0.3, -0.25) is 0 Å². The predicted octanol–water partition coefficient (Wildman–Crippen LogP) is 4.77. The fraction of sp³-hybridized carbons (Fsp3) is 0.267. The Hall–Kier alpha value is -1.55. The molecule has 1 aromatic heterocycles. The number of hydrogen-bond donors (Lipinski definition) is 1. The lowest BCUT2D eigenvalue weighted by molar-refractivity contribution is 0.460. The van der Waals surface area contributed by atoms with E-state index in [9.17, 15) is 0 Å². The quantitative estimate of drug-likeness (QED) is 0.861. The lowest BCUT2D eigenvalue weighted by Gasteiger charge is -2.10. The SMILES string of the molecule is CCCNc1cccc(Oc2cc(Br)ccc2C)n1. The van der Waals surface area contributed by atoms with Gasteiger partial charge in [-0.2, -0.15) is 4.98 Å². The van der Waals surface area contributed by atoms with Crippen molar-refractivity contribution in [2.45, 2.75) is 20.3 Å². The van der Waals surface area contributed by atoms with Gasteiger partial charge in [-0.05, 0) is 37.1 Å². The van der Waals surface area contributed by atoms with Crippen LogP contribution in [0.15, 0.2) is 40.9 Å². The topological polar surface area (TPSA) is 34.1 Å². The van der Waals surface area contributed by atoms with E-state index < -0.39 is 0 Å². The summed E-state index contributed by atoms with van der Waals surface area (Å²) in [6.07, 6.45) is 1.07. The second-order valence-corrected chi connectivity index (χ2v) is 5.22. The van der Waals surface area contributed by atoms with Gasteiger partial charge >= 0.3 is 0 Å². The van der Waals surface area contributed by atoms with Crippen LogP contribution in [0.2, 0.25) is 0 Å². The van der Waals surface area contributed by atoms with Crippen LogP contribution in [0.5, 0.6) is 11.6 Å². The van der Waals surface area contributed by atoms with Gasteiger partial charge in [0.05, 0.1) is 0 Å². The third-order valence-corrected chi connectivity index (χ3v) is 3.14. The number of nitrogens with zero attached hydrogens (tertiary/aromatic N) is 1. The summed E-state index contributed by atoms with van der Waals surface area (Å²) in [6.45, 7) is 5.05. The monoisotopic (exact) mass is 320 g/mol. The summed E-state index contributed by atoms with van der Waals surface area (Å²) in [7, 11) is 0. The molecule has 1 N–H and O–H groups in total. The zero-order valence-electron chi connectivity index (χ0n) is 11.1. The molecule has 1 aromatic carbocycles. The minimum atomic E-state index is 0.599. The number of rotatable bonds is 5. The Balaban J connectivity index is 2.16. The molecule has 0 aliphatic carbocycles. The summed E-state index contributed by atoms with van der Waals surface area (Å²) in [4.78, 5) is 4.43. The summed E-state index contributed by atoms with van der Waals surface area (Å²) >= 11 is 3.45. The highest BCUT2D eigenvalue weighted by Gasteiger charge is 2.04. The van der Waals surface area contributed by atoms with Crippen molar-refractivity contribution in [3.05, 3.63) is 46.4 Å². The highest BCUT2D eigenvalue weighted by atomic mass is 79.9. The molecule has 0 saturated carbocycles. The zero-order valence-corrected chi connectivity index (χ0v) is 12.7. The first-order chi connectivity index (χ1) is 9.19. The van der Waals surface area contributed by atoms with E-state index in [1.165, 1.54) is 0 Å². The molecule has 0 unspecified atom stereocenters. The van der Waals surface area contributed by atoms with Gasteiger partial charge in [0, 0.05) is 17.1 Å². The molecule has 0 atom stereocenters. The third-order valence-electron chi connectivity index (χ3n) is 2.64. The number of pyridine rings is 1. The maximum absolute atomic E-state index is 5.83. The van der Waals surface area contributed by atoms with E-state index >= 15 is 0 Å². The van der Waals surface area contributed by atoms with E-state index in [0.717, 1.165) is 34.6 Å². The van der Waals surface area contributed by atoms with E-state index in [0.29, 0.717) is 5.88 Å². The average molecular weight is 321 g/mol. The first-order valence-corrected chi connectivity index (χ1v) is 7.13. The first kappa shape index (κ1) is 13.9. The summed E-state index contributed by atoms with van der Waals surface area (Å²) in [5, 5.41) is 3.25. The van der Waals surface area contributed by atoms with Crippen LogP contribution in [-0.4, -0.2) is 11.5 Å². The van der Waals surface area contributed by atoms with Gasteiger partial charge in [0.15, 0.2) is 0 Å². The molecule has 2 rings (SSSR count). The maximum Gasteiger partial charge on any atom is 0.221 e. The molecule has 3 nitrogen and oxygen atoms in total. The Morgan fingerprint density at radius 2 is 2.11 bits per heavy atom. The molecule has 0 spiro atoms. The zero-order chi connectivity index (χ0) is 13.7. The molecule has 0 aliphatic heterocycles. The van der Waals surface area contributed by atoms with Crippen molar-refractivity contribution in [2.75, 3.05) is 11.9 Å². The molecule has 4 heteroatoms. The van der Waals surface area contributed by atoms with Gasteiger partial charge in [0.2, 0.25) is 5.88 Å². The van der Waals surface area contributed by atoms with E-state index in [4.69, 9.17) is 4.74 Å². The standard InChI is InChI=1S/C15H17BrN2O/c1-3-9-17-14-5-4-6-15(18-14)19-13-10-12(16)8-7-11(13)2/h4-8,10H,3,9H2,1-2H3,(H,17,18). The summed E-state index contributed by atoms with van der Waals surface area (Å²) < 4.78 is 6.82.